The van der Waals surface area contributed by atoms with Crippen LogP contribution in [0.15, 0.2) is 18.6 Å². The van der Waals surface area contributed by atoms with Crippen molar-refractivity contribution in [1.82, 2.24) is 14.4 Å². The lowest BCUT2D eigenvalue weighted by Crippen LogP contribution is -2.08. The van der Waals surface area contributed by atoms with Crippen molar-refractivity contribution in [1.29, 1.82) is 0 Å². The van der Waals surface area contributed by atoms with E-state index in [1.165, 1.54) is 0 Å². The molecule has 20 heavy (non-hydrogen) atoms. The molecule has 0 aliphatic carbocycles. The molecule has 110 valence electrons. The summed E-state index contributed by atoms with van der Waals surface area (Å²) in [5.74, 6) is 1.66. The molecule has 0 unspecified atom stereocenters. The van der Waals surface area contributed by atoms with E-state index in [-0.39, 0.29) is 6.61 Å². The Balaban J connectivity index is 1.95. The van der Waals surface area contributed by atoms with Gasteiger partial charge in [0.1, 0.15) is 5.82 Å². The summed E-state index contributed by atoms with van der Waals surface area (Å²) in [4.78, 5) is 8.88. The standard InChI is InChI=1S/C14H23N5O/c1-2-15-12-11-19-9-8-17-14(19)13(18-12)16-7-5-3-4-6-10-20/h8-9,11,15,20H,2-7,10H2,1H3,(H,16,18). The molecule has 0 aliphatic heterocycles. The van der Waals surface area contributed by atoms with Crippen molar-refractivity contribution in [2.45, 2.75) is 32.6 Å². The molecule has 2 aromatic rings. The van der Waals surface area contributed by atoms with Crippen molar-refractivity contribution < 1.29 is 5.11 Å². The van der Waals surface area contributed by atoms with Crippen LogP contribution in [0.25, 0.3) is 5.65 Å². The van der Waals surface area contributed by atoms with Gasteiger partial charge >= 0.3 is 0 Å². The van der Waals surface area contributed by atoms with E-state index in [0.717, 1.165) is 56.1 Å². The Hall–Kier alpha value is -1.82. The van der Waals surface area contributed by atoms with Gasteiger partial charge in [-0.25, -0.2) is 9.97 Å². The number of aromatic nitrogens is 3. The first-order valence-electron chi connectivity index (χ1n) is 7.27. The second kappa shape index (κ2) is 7.69. The van der Waals surface area contributed by atoms with E-state index in [9.17, 15) is 0 Å². The minimum absolute atomic E-state index is 0.286. The fourth-order valence-electron chi connectivity index (χ4n) is 2.11. The molecular formula is C14H23N5O. The minimum atomic E-state index is 0.286. The molecule has 0 radical (unpaired) electrons. The number of hydrogen-bond donors (Lipinski definition) is 3. The number of aliphatic hydroxyl groups excluding tert-OH is 1. The van der Waals surface area contributed by atoms with Gasteiger partial charge < -0.3 is 20.1 Å². The molecule has 0 spiro atoms. The highest BCUT2D eigenvalue weighted by molar-refractivity contribution is 5.65. The van der Waals surface area contributed by atoms with Gasteiger partial charge in [-0.05, 0) is 19.8 Å². The van der Waals surface area contributed by atoms with Crippen LogP contribution in [0.3, 0.4) is 0 Å². The van der Waals surface area contributed by atoms with Crippen molar-refractivity contribution in [2.24, 2.45) is 0 Å². The van der Waals surface area contributed by atoms with E-state index >= 15 is 0 Å². The Labute approximate surface area is 119 Å². The summed E-state index contributed by atoms with van der Waals surface area (Å²) in [6.07, 6.45) is 9.79. The van der Waals surface area contributed by atoms with Gasteiger partial charge in [-0.2, -0.15) is 0 Å². The summed E-state index contributed by atoms with van der Waals surface area (Å²) < 4.78 is 1.97. The average Bonchev–Trinajstić information content (AvgIpc) is 2.91. The molecule has 0 saturated carbocycles. The first-order valence-corrected chi connectivity index (χ1v) is 7.27. The SMILES string of the molecule is CCNc1cn2ccnc2c(NCCCCCCO)n1. The number of unbranched alkanes of at least 4 members (excludes halogenated alkanes) is 3. The highest BCUT2D eigenvalue weighted by Crippen LogP contribution is 2.16. The maximum atomic E-state index is 8.73. The Morgan fingerprint density at radius 2 is 2.05 bits per heavy atom. The number of rotatable bonds is 9. The lowest BCUT2D eigenvalue weighted by Gasteiger charge is -2.10. The zero-order chi connectivity index (χ0) is 14.2. The third-order valence-corrected chi connectivity index (χ3v) is 3.11. The van der Waals surface area contributed by atoms with Crippen LogP contribution >= 0.6 is 0 Å². The Kier molecular flexibility index (Phi) is 5.61. The maximum Gasteiger partial charge on any atom is 0.180 e. The van der Waals surface area contributed by atoms with Gasteiger partial charge in [0.05, 0.1) is 6.20 Å². The summed E-state index contributed by atoms with van der Waals surface area (Å²) in [7, 11) is 0. The zero-order valence-electron chi connectivity index (χ0n) is 12.0. The lowest BCUT2D eigenvalue weighted by molar-refractivity contribution is 0.283. The van der Waals surface area contributed by atoms with Crippen molar-refractivity contribution >= 4 is 17.3 Å². The smallest absolute Gasteiger partial charge is 0.180 e. The maximum absolute atomic E-state index is 8.73. The first kappa shape index (κ1) is 14.6. The third kappa shape index (κ3) is 3.84. The van der Waals surface area contributed by atoms with E-state index in [1.807, 2.05) is 23.7 Å². The molecule has 6 heteroatoms. The quantitative estimate of drug-likeness (QED) is 0.612. The van der Waals surface area contributed by atoms with Gasteiger partial charge in [0, 0.05) is 32.1 Å². The Morgan fingerprint density at radius 1 is 1.20 bits per heavy atom. The topological polar surface area (TPSA) is 74.5 Å². The molecule has 3 N–H and O–H groups in total. The molecule has 0 fully saturated rings. The number of anilines is 2. The summed E-state index contributed by atoms with van der Waals surface area (Å²) >= 11 is 0. The zero-order valence-corrected chi connectivity index (χ0v) is 12.0. The van der Waals surface area contributed by atoms with Gasteiger partial charge in [-0.15, -0.1) is 0 Å². The van der Waals surface area contributed by atoms with Gasteiger partial charge in [-0.1, -0.05) is 12.8 Å². The highest BCUT2D eigenvalue weighted by atomic mass is 16.2. The second-order valence-corrected chi connectivity index (χ2v) is 4.73. The van der Waals surface area contributed by atoms with Gasteiger partial charge in [0.2, 0.25) is 0 Å². The highest BCUT2D eigenvalue weighted by Gasteiger charge is 2.06. The summed E-state index contributed by atoms with van der Waals surface area (Å²) in [6.45, 7) is 4.05. The number of nitrogens with zero attached hydrogens (tertiary/aromatic N) is 3. The summed E-state index contributed by atoms with van der Waals surface area (Å²) in [5, 5.41) is 15.3. The molecule has 0 saturated heterocycles. The molecule has 6 nitrogen and oxygen atoms in total. The van der Waals surface area contributed by atoms with E-state index in [1.54, 1.807) is 6.20 Å². The Bertz CT molecular complexity index is 525. The lowest BCUT2D eigenvalue weighted by atomic mass is 10.2. The normalized spacial score (nSPS) is 10.9. The minimum Gasteiger partial charge on any atom is -0.396 e. The predicted molar refractivity (Wildman–Crippen MR) is 81.2 cm³/mol. The van der Waals surface area contributed by atoms with Crippen molar-refractivity contribution in [3.05, 3.63) is 18.6 Å². The van der Waals surface area contributed by atoms with E-state index in [0.29, 0.717) is 0 Å². The second-order valence-electron chi connectivity index (χ2n) is 4.73. The number of hydrogen-bond acceptors (Lipinski definition) is 5. The van der Waals surface area contributed by atoms with Crippen molar-refractivity contribution in [2.75, 3.05) is 30.3 Å². The third-order valence-electron chi connectivity index (χ3n) is 3.11. The van der Waals surface area contributed by atoms with Crippen LogP contribution < -0.4 is 10.6 Å². The van der Waals surface area contributed by atoms with E-state index < -0.39 is 0 Å². The number of imidazole rings is 1. The van der Waals surface area contributed by atoms with Crippen LogP contribution in [0.2, 0.25) is 0 Å². The van der Waals surface area contributed by atoms with Crippen LogP contribution in [0.5, 0.6) is 0 Å². The molecule has 0 amide bonds. The number of nitrogens with one attached hydrogen (secondary N) is 2. The fourth-order valence-corrected chi connectivity index (χ4v) is 2.11. The molecule has 0 aliphatic rings. The average molecular weight is 277 g/mol. The molecule has 0 atom stereocenters. The number of aliphatic hydroxyl groups is 1. The van der Waals surface area contributed by atoms with Crippen molar-refractivity contribution in [3.63, 3.8) is 0 Å². The van der Waals surface area contributed by atoms with E-state index in [2.05, 4.69) is 20.6 Å². The summed E-state index contributed by atoms with van der Waals surface area (Å²) in [5.41, 5.74) is 0.849. The van der Waals surface area contributed by atoms with Gasteiger partial charge in [0.25, 0.3) is 0 Å². The van der Waals surface area contributed by atoms with E-state index in [4.69, 9.17) is 5.11 Å². The number of fused-ring (bicyclic) bond motifs is 1. The molecule has 2 rings (SSSR count). The molecular weight excluding hydrogens is 254 g/mol. The van der Waals surface area contributed by atoms with Crippen LogP contribution in [0.1, 0.15) is 32.6 Å². The van der Waals surface area contributed by atoms with Crippen molar-refractivity contribution in [3.8, 4) is 0 Å². The van der Waals surface area contributed by atoms with Gasteiger partial charge in [-0.3, -0.25) is 0 Å². The van der Waals surface area contributed by atoms with Crippen LogP contribution in [0.4, 0.5) is 11.6 Å². The first-order chi connectivity index (χ1) is 9.85. The molecule has 0 aromatic carbocycles. The monoisotopic (exact) mass is 277 g/mol. The summed E-state index contributed by atoms with van der Waals surface area (Å²) in [6, 6.07) is 0. The predicted octanol–water partition coefficient (Wildman–Crippen LogP) is 2.13. The van der Waals surface area contributed by atoms with Gasteiger partial charge in [0.15, 0.2) is 11.5 Å². The molecule has 2 aromatic heterocycles. The van der Waals surface area contributed by atoms with Crippen LogP contribution in [-0.4, -0.2) is 39.2 Å². The Morgan fingerprint density at radius 3 is 2.85 bits per heavy atom. The van der Waals surface area contributed by atoms with Crippen LogP contribution in [-0.2, 0) is 0 Å². The fraction of sp³-hybridized carbons (Fsp3) is 0.571. The molecule has 2 heterocycles. The molecule has 0 bridgehead atoms. The van der Waals surface area contributed by atoms with Crippen LogP contribution in [0, 0.1) is 0 Å². The largest absolute Gasteiger partial charge is 0.396 e.